The van der Waals surface area contributed by atoms with Gasteiger partial charge < -0.3 is 0 Å². The highest BCUT2D eigenvalue weighted by atomic mass is 32.1. The van der Waals surface area contributed by atoms with Gasteiger partial charge in [0, 0.05) is 4.88 Å². The SMILES string of the molecule is [CH2]Cc1scc2ccc(F)cc12. The van der Waals surface area contributed by atoms with Crippen LogP contribution in [-0.4, -0.2) is 0 Å². The fraction of sp³-hybridized carbons (Fsp3) is 0.100. The second-order valence-corrected chi connectivity index (χ2v) is 3.60. The van der Waals surface area contributed by atoms with E-state index in [0.29, 0.717) is 0 Å². The molecule has 0 amide bonds. The summed E-state index contributed by atoms with van der Waals surface area (Å²) in [6, 6.07) is 4.87. The molecule has 0 N–H and O–H groups in total. The molecule has 1 heterocycles. The quantitative estimate of drug-likeness (QED) is 0.629. The van der Waals surface area contributed by atoms with Gasteiger partial charge in [-0.15, -0.1) is 11.3 Å². The molecule has 0 nitrogen and oxygen atoms in total. The van der Waals surface area contributed by atoms with Gasteiger partial charge >= 0.3 is 0 Å². The average molecular weight is 179 g/mol. The summed E-state index contributed by atoms with van der Waals surface area (Å²) in [4.78, 5) is 1.16. The highest BCUT2D eigenvalue weighted by Crippen LogP contribution is 2.26. The van der Waals surface area contributed by atoms with Crippen LogP contribution in [0.15, 0.2) is 23.6 Å². The van der Waals surface area contributed by atoms with Gasteiger partial charge in [-0.2, -0.15) is 0 Å². The molecule has 0 saturated heterocycles. The number of fused-ring (bicyclic) bond motifs is 1. The van der Waals surface area contributed by atoms with Crippen LogP contribution < -0.4 is 0 Å². The van der Waals surface area contributed by atoms with Gasteiger partial charge in [-0.25, -0.2) is 4.39 Å². The van der Waals surface area contributed by atoms with Crippen LogP contribution in [0.2, 0.25) is 0 Å². The number of halogens is 1. The van der Waals surface area contributed by atoms with Crippen LogP contribution in [0.5, 0.6) is 0 Å². The molecule has 61 valence electrons. The van der Waals surface area contributed by atoms with Gasteiger partial charge in [0.2, 0.25) is 0 Å². The molecular weight excluding hydrogens is 171 g/mol. The predicted octanol–water partition coefficient (Wildman–Crippen LogP) is 3.42. The zero-order valence-corrected chi connectivity index (χ0v) is 7.33. The number of rotatable bonds is 1. The second-order valence-electron chi connectivity index (χ2n) is 2.64. The van der Waals surface area contributed by atoms with Gasteiger partial charge in [0.25, 0.3) is 0 Å². The first-order valence-corrected chi connectivity index (χ1v) is 4.64. The fourth-order valence-electron chi connectivity index (χ4n) is 1.26. The van der Waals surface area contributed by atoms with E-state index in [1.54, 1.807) is 23.5 Å². The van der Waals surface area contributed by atoms with Crippen LogP contribution in [0.4, 0.5) is 4.39 Å². The third-order valence-corrected chi connectivity index (χ3v) is 2.95. The van der Waals surface area contributed by atoms with Gasteiger partial charge in [0.15, 0.2) is 0 Å². The molecule has 2 aromatic rings. The third-order valence-electron chi connectivity index (χ3n) is 1.87. The molecule has 0 aliphatic rings. The first-order valence-electron chi connectivity index (χ1n) is 3.76. The fourth-order valence-corrected chi connectivity index (χ4v) is 2.16. The minimum Gasteiger partial charge on any atom is -0.207 e. The van der Waals surface area contributed by atoms with E-state index in [1.165, 1.54) is 6.07 Å². The number of thiophene rings is 1. The lowest BCUT2D eigenvalue weighted by Crippen LogP contribution is -1.76. The Bertz CT molecular complexity index is 403. The van der Waals surface area contributed by atoms with Crippen LogP contribution in [0, 0.1) is 12.7 Å². The molecule has 0 aliphatic heterocycles. The molecule has 0 atom stereocenters. The highest BCUT2D eigenvalue weighted by molar-refractivity contribution is 7.11. The lowest BCUT2D eigenvalue weighted by atomic mass is 10.1. The topological polar surface area (TPSA) is 0 Å². The molecule has 2 rings (SSSR count). The molecule has 0 saturated carbocycles. The molecule has 2 heteroatoms. The summed E-state index contributed by atoms with van der Waals surface area (Å²) in [6.45, 7) is 3.80. The van der Waals surface area contributed by atoms with Crippen LogP contribution in [0.1, 0.15) is 4.88 Å². The molecule has 1 aromatic carbocycles. The zero-order valence-electron chi connectivity index (χ0n) is 6.51. The minimum absolute atomic E-state index is 0.171. The van der Waals surface area contributed by atoms with Crippen molar-refractivity contribution in [2.45, 2.75) is 6.42 Å². The Morgan fingerprint density at radius 3 is 3.00 bits per heavy atom. The Morgan fingerprint density at radius 1 is 1.42 bits per heavy atom. The van der Waals surface area contributed by atoms with Crippen molar-refractivity contribution in [1.82, 2.24) is 0 Å². The third kappa shape index (κ3) is 1.12. The summed E-state index contributed by atoms with van der Waals surface area (Å²) >= 11 is 1.64. The normalized spacial score (nSPS) is 10.8. The lowest BCUT2D eigenvalue weighted by molar-refractivity contribution is 0.629. The molecule has 0 aliphatic carbocycles. The van der Waals surface area contributed by atoms with Crippen molar-refractivity contribution in [1.29, 1.82) is 0 Å². The monoisotopic (exact) mass is 179 g/mol. The summed E-state index contributed by atoms with van der Waals surface area (Å²) in [7, 11) is 0. The van der Waals surface area contributed by atoms with Crippen LogP contribution >= 0.6 is 11.3 Å². The summed E-state index contributed by atoms with van der Waals surface area (Å²) in [5, 5.41) is 4.16. The van der Waals surface area contributed by atoms with E-state index in [9.17, 15) is 4.39 Å². The van der Waals surface area contributed by atoms with Crippen molar-refractivity contribution < 1.29 is 4.39 Å². The van der Waals surface area contributed by atoms with Crippen molar-refractivity contribution in [3.63, 3.8) is 0 Å². The van der Waals surface area contributed by atoms with Gasteiger partial charge in [-0.05, 0) is 41.6 Å². The molecule has 1 aromatic heterocycles. The van der Waals surface area contributed by atoms with Gasteiger partial charge in [-0.3, -0.25) is 0 Å². The first kappa shape index (κ1) is 7.74. The molecule has 1 radical (unpaired) electrons. The van der Waals surface area contributed by atoms with E-state index in [-0.39, 0.29) is 5.82 Å². The first-order chi connectivity index (χ1) is 5.81. The molecule has 0 unspecified atom stereocenters. The maximum Gasteiger partial charge on any atom is 0.123 e. The van der Waals surface area contributed by atoms with Crippen LogP contribution in [0.3, 0.4) is 0 Å². The van der Waals surface area contributed by atoms with E-state index in [4.69, 9.17) is 0 Å². The summed E-state index contributed by atoms with van der Waals surface area (Å²) in [5.41, 5.74) is 0. The second kappa shape index (κ2) is 2.87. The smallest absolute Gasteiger partial charge is 0.123 e. The van der Waals surface area contributed by atoms with Gasteiger partial charge in [-0.1, -0.05) is 6.07 Å². The molecule has 0 spiro atoms. The van der Waals surface area contributed by atoms with Gasteiger partial charge in [0.1, 0.15) is 5.82 Å². The van der Waals surface area contributed by atoms with E-state index in [0.717, 1.165) is 22.1 Å². The zero-order chi connectivity index (χ0) is 8.55. The van der Waals surface area contributed by atoms with Crippen molar-refractivity contribution in [2.75, 3.05) is 0 Å². The van der Waals surface area contributed by atoms with Crippen molar-refractivity contribution in [3.8, 4) is 0 Å². The van der Waals surface area contributed by atoms with E-state index >= 15 is 0 Å². The summed E-state index contributed by atoms with van der Waals surface area (Å²) in [5.74, 6) is -0.171. The van der Waals surface area contributed by atoms with Crippen LogP contribution in [0.25, 0.3) is 10.8 Å². The number of hydrogen-bond acceptors (Lipinski definition) is 1. The molecule has 0 bridgehead atoms. The van der Waals surface area contributed by atoms with E-state index < -0.39 is 0 Å². The van der Waals surface area contributed by atoms with Crippen LogP contribution in [-0.2, 0) is 6.42 Å². The Morgan fingerprint density at radius 2 is 2.25 bits per heavy atom. The largest absolute Gasteiger partial charge is 0.207 e. The number of benzene rings is 1. The highest BCUT2D eigenvalue weighted by Gasteiger charge is 2.02. The lowest BCUT2D eigenvalue weighted by Gasteiger charge is -1.93. The van der Waals surface area contributed by atoms with Crippen molar-refractivity contribution in [3.05, 3.63) is 41.2 Å². The summed E-state index contributed by atoms with van der Waals surface area (Å²) in [6.07, 6.45) is 0.734. The average Bonchev–Trinajstić information content (AvgIpc) is 2.46. The molecule has 0 fully saturated rings. The Hall–Kier alpha value is -0.890. The molecular formula is C10H8FS. The van der Waals surface area contributed by atoms with E-state index in [2.05, 4.69) is 6.92 Å². The maximum atomic E-state index is 12.8. The van der Waals surface area contributed by atoms with Crippen molar-refractivity contribution >= 4 is 22.1 Å². The van der Waals surface area contributed by atoms with Crippen molar-refractivity contribution in [2.24, 2.45) is 0 Å². The Balaban J connectivity index is 2.75. The Labute approximate surface area is 74.6 Å². The van der Waals surface area contributed by atoms with Gasteiger partial charge in [0.05, 0.1) is 0 Å². The summed E-state index contributed by atoms with van der Waals surface area (Å²) < 4.78 is 12.8. The molecule has 12 heavy (non-hydrogen) atoms. The minimum atomic E-state index is -0.171. The standard InChI is InChI=1S/C10H8FS/c1-2-10-9-5-8(11)4-3-7(9)6-12-10/h3-6H,1-2H2. The van der Waals surface area contributed by atoms with E-state index in [1.807, 2.05) is 5.38 Å². The Kier molecular flexibility index (Phi) is 1.85. The predicted molar refractivity (Wildman–Crippen MR) is 50.8 cm³/mol. The maximum absolute atomic E-state index is 12.8. The number of hydrogen-bond donors (Lipinski definition) is 0.